The van der Waals surface area contributed by atoms with Crippen LogP contribution in [0.1, 0.15) is 27.8 Å². The van der Waals surface area contributed by atoms with Crippen molar-refractivity contribution in [1.29, 1.82) is 0 Å². The Bertz CT molecular complexity index is 851. The highest BCUT2D eigenvalue weighted by Gasteiger charge is 2.27. The summed E-state index contributed by atoms with van der Waals surface area (Å²) >= 11 is 0. The number of aromatic nitrogens is 2. The van der Waals surface area contributed by atoms with Crippen LogP contribution >= 0.6 is 0 Å². The summed E-state index contributed by atoms with van der Waals surface area (Å²) in [5, 5.41) is 0. The minimum absolute atomic E-state index is 0.142. The fourth-order valence-corrected chi connectivity index (χ4v) is 2.70. The van der Waals surface area contributed by atoms with Gasteiger partial charge in [0.15, 0.2) is 11.6 Å². The molecule has 0 N–H and O–H groups in total. The molecule has 6 nitrogen and oxygen atoms in total. The zero-order valence-electron chi connectivity index (χ0n) is 12.7. The second-order valence-corrected chi connectivity index (χ2v) is 5.48. The molecule has 0 saturated carbocycles. The molecule has 1 aromatic carbocycles. The number of carbonyl (C=O) groups excluding carboxylic acids is 1. The van der Waals surface area contributed by atoms with E-state index >= 15 is 0 Å². The Labute approximate surface area is 132 Å². The van der Waals surface area contributed by atoms with Crippen LogP contribution in [-0.4, -0.2) is 27.3 Å². The Balaban J connectivity index is 1.58. The van der Waals surface area contributed by atoms with Gasteiger partial charge >= 0.3 is 0 Å². The highest BCUT2D eigenvalue weighted by atomic mass is 16.4. The van der Waals surface area contributed by atoms with E-state index in [1.807, 2.05) is 30.3 Å². The van der Waals surface area contributed by atoms with Crippen molar-refractivity contribution in [2.24, 2.45) is 0 Å². The van der Waals surface area contributed by atoms with Crippen LogP contribution in [0.5, 0.6) is 0 Å². The molecule has 0 radical (unpaired) electrons. The molecule has 116 valence electrons. The first-order valence-corrected chi connectivity index (χ1v) is 7.46. The number of amides is 1. The molecule has 3 aromatic rings. The van der Waals surface area contributed by atoms with E-state index in [4.69, 9.17) is 8.83 Å². The van der Waals surface area contributed by atoms with E-state index in [-0.39, 0.29) is 5.91 Å². The molecule has 0 aliphatic carbocycles. The molecule has 4 rings (SSSR count). The predicted octanol–water partition coefficient (Wildman–Crippen LogP) is 2.84. The standard InChI is InChI=1S/C17H15N3O3/c1-11-18-14(10-22-11)17(21)20-8-7-15-13(9-20)19-16(23-15)12-5-3-2-4-6-12/h2-6,10H,7-9H2,1H3. The maximum absolute atomic E-state index is 12.4. The van der Waals surface area contributed by atoms with Crippen LogP contribution in [0.3, 0.4) is 0 Å². The predicted molar refractivity (Wildman–Crippen MR) is 81.6 cm³/mol. The molecule has 0 bridgehead atoms. The van der Waals surface area contributed by atoms with Crippen molar-refractivity contribution in [3.05, 3.63) is 59.6 Å². The summed E-state index contributed by atoms with van der Waals surface area (Å²) in [6, 6.07) is 9.76. The minimum Gasteiger partial charge on any atom is -0.448 e. The van der Waals surface area contributed by atoms with E-state index in [2.05, 4.69) is 9.97 Å². The number of aryl methyl sites for hydroxylation is 1. The van der Waals surface area contributed by atoms with Gasteiger partial charge in [-0.05, 0) is 12.1 Å². The molecule has 0 unspecified atom stereocenters. The zero-order valence-corrected chi connectivity index (χ0v) is 12.7. The maximum Gasteiger partial charge on any atom is 0.276 e. The van der Waals surface area contributed by atoms with Crippen molar-refractivity contribution in [3.8, 4) is 11.5 Å². The lowest BCUT2D eigenvalue weighted by Crippen LogP contribution is -2.36. The van der Waals surface area contributed by atoms with Crippen LogP contribution in [-0.2, 0) is 13.0 Å². The van der Waals surface area contributed by atoms with Crippen LogP contribution in [0.2, 0.25) is 0 Å². The number of rotatable bonds is 2. The third-order valence-electron chi connectivity index (χ3n) is 3.87. The van der Waals surface area contributed by atoms with Crippen LogP contribution in [0.25, 0.3) is 11.5 Å². The van der Waals surface area contributed by atoms with E-state index < -0.39 is 0 Å². The summed E-state index contributed by atoms with van der Waals surface area (Å²) in [7, 11) is 0. The number of nitrogens with zero attached hydrogens (tertiary/aromatic N) is 3. The van der Waals surface area contributed by atoms with Gasteiger partial charge in [0.2, 0.25) is 5.89 Å². The van der Waals surface area contributed by atoms with Crippen LogP contribution in [0.15, 0.2) is 45.4 Å². The van der Waals surface area contributed by atoms with Gasteiger partial charge in [-0.3, -0.25) is 4.79 Å². The highest BCUT2D eigenvalue weighted by molar-refractivity contribution is 5.92. The van der Waals surface area contributed by atoms with E-state index in [1.165, 1.54) is 6.26 Å². The molecule has 0 atom stereocenters. The van der Waals surface area contributed by atoms with Gasteiger partial charge < -0.3 is 13.7 Å². The number of oxazole rings is 2. The van der Waals surface area contributed by atoms with Gasteiger partial charge in [0, 0.05) is 25.5 Å². The molecule has 0 spiro atoms. The fraction of sp³-hybridized carbons (Fsp3) is 0.235. The smallest absolute Gasteiger partial charge is 0.276 e. The molecule has 1 amide bonds. The number of fused-ring (bicyclic) bond motifs is 1. The highest BCUT2D eigenvalue weighted by Crippen LogP contribution is 2.26. The summed E-state index contributed by atoms with van der Waals surface area (Å²) in [6.07, 6.45) is 2.04. The second kappa shape index (κ2) is 5.39. The first-order valence-electron chi connectivity index (χ1n) is 7.46. The third kappa shape index (κ3) is 2.52. The van der Waals surface area contributed by atoms with Gasteiger partial charge in [-0.15, -0.1) is 0 Å². The Morgan fingerprint density at radius 1 is 1.22 bits per heavy atom. The average Bonchev–Trinajstić information content (AvgIpc) is 3.20. The molecule has 1 aliphatic rings. The number of hydrogen-bond donors (Lipinski definition) is 0. The zero-order chi connectivity index (χ0) is 15.8. The normalized spacial score (nSPS) is 13.9. The first kappa shape index (κ1) is 13.8. The van der Waals surface area contributed by atoms with Gasteiger partial charge in [0.25, 0.3) is 5.91 Å². The summed E-state index contributed by atoms with van der Waals surface area (Å²) in [6.45, 7) is 2.73. The largest absolute Gasteiger partial charge is 0.448 e. The fourth-order valence-electron chi connectivity index (χ4n) is 2.70. The molecule has 0 saturated heterocycles. The summed E-state index contributed by atoms with van der Waals surface area (Å²) < 4.78 is 11.0. The molecular weight excluding hydrogens is 294 g/mol. The first-order chi connectivity index (χ1) is 11.2. The van der Waals surface area contributed by atoms with Crippen LogP contribution in [0.4, 0.5) is 0 Å². The Morgan fingerprint density at radius 2 is 2.04 bits per heavy atom. The van der Waals surface area contributed by atoms with Crippen molar-refractivity contribution in [2.75, 3.05) is 6.54 Å². The summed E-state index contributed by atoms with van der Waals surface area (Å²) in [5.41, 5.74) is 2.08. The summed E-state index contributed by atoms with van der Waals surface area (Å²) in [4.78, 5) is 22.8. The molecule has 1 aliphatic heterocycles. The molecule has 0 fully saturated rings. The Morgan fingerprint density at radius 3 is 2.78 bits per heavy atom. The molecule has 6 heteroatoms. The van der Waals surface area contributed by atoms with Crippen molar-refractivity contribution in [2.45, 2.75) is 19.9 Å². The lowest BCUT2D eigenvalue weighted by Gasteiger charge is -2.24. The lowest BCUT2D eigenvalue weighted by atomic mass is 10.1. The van der Waals surface area contributed by atoms with Crippen LogP contribution in [0, 0.1) is 6.92 Å². The topological polar surface area (TPSA) is 72.4 Å². The quantitative estimate of drug-likeness (QED) is 0.728. The van der Waals surface area contributed by atoms with E-state index in [0.717, 1.165) is 17.0 Å². The molecule has 23 heavy (non-hydrogen) atoms. The van der Waals surface area contributed by atoms with Gasteiger partial charge in [0.05, 0.1) is 6.54 Å². The molecular formula is C17H15N3O3. The lowest BCUT2D eigenvalue weighted by molar-refractivity contribution is 0.0722. The van der Waals surface area contributed by atoms with Gasteiger partial charge in [-0.2, -0.15) is 0 Å². The maximum atomic E-state index is 12.4. The number of benzene rings is 1. The van der Waals surface area contributed by atoms with Crippen molar-refractivity contribution in [3.63, 3.8) is 0 Å². The van der Waals surface area contributed by atoms with Gasteiger partial charge in [0.1, 0.15) is 17.7 Å². The van der Waals surface area contributed by atoms with Crippen molar-refractivity contribution >= 4 is 5.91 Å². The number of hydrogen-bond acceptors (Lipinski definition) is 5. The molecule has 3 heterocycles. The monoisotopic (exact) mass is 309 g/mol. The van der Waals surface area contributed by atoms with Crippen molar-refractivity contribution in [1.82, 2.24) is 14.9 Å². The van der Waals surface area contributed by atoms with E-state index in [9.17, 15) is 4.79 Å². The van der Waals surface area contributed by atoms with Crippen LogP contribution < -0.4 is 0 Å². The van der Waals surface area contributed by atoms with Gasteiger partial charge in [-0.25, -0.2) is 9.97 Å². The van der Waals surface area contributed by atoms with Crippen molar-refractivity contribution < 1.29 is 13.6 Å². The Hall–Kier alpha value is -2.89. The number of carbonyl (C=O) groups is 1. The Kier molecular flexibility index (Phi) is 3.22. The third-order valence-corrected chi connectivity index (χ3v) is 3.87. The SMILES string of the molecule is Cc1nc(C(=O)N2CCc3oc(-c4ccccc4)nc3C2)co1. The second-order valence-electron chi connectivity index (χ2n) is 5.48. The molecule has 2 aromatic heterocycles. The summed E-state index contributed by atoms with van der Waals surface area (Å²) in [5.74, 6) is 1.79. The minimum atomic E-state index is -0.142. The average molecular weight is 309 g/mol. The van der Waals surface area contributed by atoms with E-state index in [1.54, 1.807) is 11.8 Å². The van der Waals surface area contributed by atoms with Gasteiger partial charge in [-0.1, -0.05) is 18.2 Å². The van der Waals surface area contributed by atoms with E-state index in [0.29, 0.717) is 37.0 Å².